The van der Waals surface area contributed by atoms with Crippen molar-refractivity contribution in [2.45, 2.75) is 20.3 Å². The van der Waals surface area contributed by atoms with Gasteiger partial charge in [0.15, 0.2) is 5.96 Å². The maximum atomic E-state index is 5.36. The van der Waals surface area contributed by atoms with Crippen molar-refractivity contribution in [1.82, 2.24) is 20.4 Å². The van der Waals surface area contributed by atoms with Crippen LogP contribution in [0.15, 0.2) is 4.99 Å². The van der Waals surface area contributed by atoms with Gasteiger partial charge in [0.05, 0.1) is 13.2 Å². The lowest BCUT2D eigenvalue weighted by Crippen LogP contribution is -2.41. The molecule has 0 aromatic rings. The summed E-state index contributed by atoms with van der Waals surface area (Å²) in [6.07, 6.45) is 1.10. The fourth-order valence-electron chi connectivity index (χ4n) is 2.17. The smallest absolute Gasteiger partial charge is 0.191 e. The topological polar surface area (TPSA) is 52.1 Å². The fraction of sp³-hybridized carbons (Fsp3) is 0.933. The molecule has 0 aromatic heterocycles. The second-order valence-corrected chi connectivity index (χ2v) is 5.39. The summed E-state index contributed by atoms with van der Waals surface area (Å²) in [7, 11) is 2.13. The molecular weight excluding hydrogens is 266 g/mol. The first-order valence-electron chi connectivity index (χ1n) is 8.27. The van der Waals surface area contributed by atoms with Crippen LogP contribution in [0.2, 0.25) is 0 Å². The lowest BCUT2D eigenvalue weighted by atomic mass is 10.3. The molecule has 1 aliphatic rings. The molecule has 0 aliphatic carbocycles. The third-order valence-corrected chi connectivity index (χ3v) is 3.68. The third-order valence-electron chi connectivity index (χ3n) is 3.68. The minimum absolute atomic E-state index is 0.871. The highest BCUT2D eigenvalue weighted by Gasteiger charge is 2.08. The lowest BCUT2D eigenvalue weighted by Gasteiger charge is -2.26. The van der Waals surface area contributed by atoms with Crippen LogP contribution in [-0.4, -0.2) is 88.4 Å². The van der Waals surface area contributed by atoms with Crippen molar-refractivity contribution in [2.75, 3.05) is 72.6 Å². The van der Waals surface area contributed by atoms with Gasteiger partial charge in [0, 0.05) is 45.8 Å². The second kappa shape index (κ2) is 11.8. The molecule has 6 nitrogen and oxygen atoms in total. The first kappa shape index (κ1) is 18.2. The van der Waals surface area contributed by atoms with E-state index in [0.29, 0.717) is 0 Å². The molecule has 1 aliphatic heterocycles. The van der Waals surface area contributed by atoms with E-state index >= 15 is 0 Å². The predicted molar refractivity (Wildman–Crippen MR) is 89.0 cm³/mol. The Labute approximate surface area is 129 Å². The van der Waals surface area contributed by atoms with Crippen molar-refractivity contribution in [2.24, 2.45) is 4.99 Å². The molecule has 0 atom stereocenters. The largest absolute Gasteiger partial charge is 0.379 e. The Balaban J connectivity index is 2.17. The van der Waals surface area contributed by atoms with Gasteiger partial charge in [-0.15, -0.1) is 0 Å². The van der Waals surface area contributed by atoms with Crippen LogP contribution < -0.4 is 10.6 Å². The molecular formula is C15H33N5O. The predicted octanol–water partition coefficient (Wildman–Crippen LogP) is 0.216. The van der Waals surface area contributed by atoms with E-state index in [-0.39, 0.29) is 0 Å². The van der Waals surface area contributed by atoms with Gasteiger partial charge in [-0.1, -0.05) is 6.92 Å². The highest BCUT2D eigenvalue weighted by atomic mass is 16.5. The zero-order valence-electron chi connectivity index (χ0n) is 14.0. The standard InChI is InChI=1S/C15H33N5O/c1-4-16-15(18-8-10-19(3)5-2)17-7-6-9-20-11-13-21-14-12-20/h4-14H2,1-3H3,(H2,16,17,18). The quantitative estimate of drug-likeness (QED) is 0.362. The summed E-state index contributed by atoms with van der Waals surface area (Å²) in [4.78, 5) is 9.38. The average Bonchev–Trinajstić information content (AvgIpc) is 2.52. The number of ether oxygens (including phenoxy) is 1. The van der Waals surface area contributed by atoms with Gasteiger partial charge in [0.25, 0.3) is 0 Å². The lowest BCUT2D eigenvalue weighted by molar-refractivity contribution is 0.0377. The Hall–Kier alpha value is -0.850. The summed E-state index contributed by atoms with van der Waals surface area (Å²) in [6.45, 7) is 14.1. The molecule has 0 amide bonds. The molecule has 0 aromatic carbocycles. The minimum Gasteiger partial charge on any atom is -0.379 e. The molecule has 0 saturated carbocycles. The fourth-order valence-corrected chi connectivity index (χ4v) is 2.17. The van der Waals surface area contributed by atoms with Crippen LogP contribution in [0.4, 0.5) is 0 Å². The van der Waals surface area contributed by atoms with Crippen molar-refractivity contribution < 1.29 is 4.74 Å². The second-order valence-electron chi connectivity index (χ2n) is 5.39. The van der Waals surface area contributed by atoms with E-state index in [0.717, 1.165) is 78.0 Å². The Kier molecular flexibility index (Phi) is 10.2. The summed E-state index contributed by atoms with van der Waals surface area (Å²) in [6, 6.07) is 0. The number of aliphatic imine (C=N–C) groups is 1. The molecule has 1 saturated heterocycles. The number of guanidine groups is 1. The normalized spacial score (nSPS) is 17.2. The van der Waals surface area contributed by atoms with Gasteiger partial charge in [-0.25, -0.2) is 0 Å². The minimum atomic E-state index is 0.871. The number of morpholine rings is 1. The van der Waals surface area contributed by atoms with Crippen LogP contribution in [0.3, 0.4) is 0 Å². The number of hydrogen-bond acceptors (Lipinski definition) is 4. The first-order valence-corrected chi connectivity index (χ1v) is 8.27. The molecule has 124 valence electrons. The van der Waals surface area contributed by atoms with Gasteiger partial charge >= 0.3 is 0 Å². The van der Waals surface area contributed by atoms with Crippen LogP contribution in [0.5, 0.6) is 0 Å². The molecule has 6 heteroatoms. The molecule has 1 heterocycles. The van der Waals surface area contributed by atoms with Crippen LogP contribution in [0.25, 0.3) is 0 Å². The van der Waals surface area contributed by atoms with Gasteiger partial charge in [0.1, 0.15) is 0 Å². The molecule has 1 fully saturated rings. The van der Waals surface area contributed by atoms with Crippen LogP contribution >= 0.6 is 0 Å². The van der Waals surface area contributed by atoms with E-state index in [1.165, 1.54) is 0 Å². The SMILES string of the molecule is CCNC(=NCCCN1CCOCC1)NCCN(C)CC. The third kappa shape index (κ3) is 8.90. The molecule has 1 rings (SSSR count). The summed E-state index contributed by atoms with van der Waals surface area (Å²) in [5, 5.41) is 6.69. The van der Waals surface area contributed by atoms with Gasteiger partial charge in [0.2, 0.25) is 0 Å². The summed E-state index contributed by atoms with van der Waals surface area (Å²) < 4.78 is 5.36. The zero-order valence-corrected chi connectivity index (χ0v) is 14.0. The van der Waals surface area contributed by atoms with E-state index in [1.807, 2.05) is 0 Å². The molecule has 0 bridgehead atoms. The highest BCUT2D eigenvalue weighted by molar-refractivity contribution is 5.79. The maximum Gasteiger partial charge on any atom is 0.191 e. The Morgan fingerprint density at radius 3 is 2.67 bits per heavy atom. The Morgan fingerprint density at radius 2 is 2.00 bits per heavy atom. The number of nitrogens with zero attached hydrogens (tertiary/aromatic N) is 3. The van der Waals surface area contributed by atoms with E-state index in [9.17, 15) is 0 Å². The summed E-state index contributed by atoms with van der Waals surface area (Å²) in [5.74, 6) is 0.934. The van der Waals surface area contributed by atoms with Gasteiger partial charge < -0.3 is 20.3 Å². The summed E-state index contributed by atoms with van der Waals surface area (Å²) in [5.41, 5.74) is 0. The first-order chi connectivity index (χ1) is 10.3. The summed E-state index contributed by atoms with van der Waals surface area (Å²) >= 11 is 0. The average molecular weight is 299 g/mol. The van der Waals surface area contributed by atoms with E-state index in [2.05, 4.69) is 46.3 Å². The maximum absolute atomic E-state index is 5.36. The van der Waals surface area contributed by atoms with Crippen molar-refractivity contribution in [1.29, 1.82) is 0 Å². The Morgan fingerprint density at radius 1 is 1.24 bits per heavy atom. The van der Waals surface area contributed by atoms with Crippen molar-refractivity contribution >= 4 is 5.96 Å². The van der Waals surface area contributed by atoms with Gasteiger partial charge in [-0.05, 0) is 26.9 Å². The molecule has 21 heavy (non-hydrogen) atoms. The molecule has 0 spiro atoms. The van der Waals surface area contributed by atoms with Crippen molar-refractivity contribution in [3.8, 4) is 0 Å². The number of nitrogens with one attached hydrogen (secondary N) is 2. The molecule has 2 N–H and O–H groups in total. The van der Waals surface area contributed by atoms with Crippen molar-refractivity contribution in [3.63, 3.8) is 0 Å². The van der Waals surface area contributed by atoms with Crippen LogP contribution in [0, 0.1) is 0 Å². The monoisotopic (exact) mass is 299 g/mol. The number of hydrogen-bond donors (Lipinski definition) is 2. The van der Waals surface area contributed by atoms with Crippen molar-refractivity contribution in [3.05, 3.63) is 0 Å². The van der Waals surface area contributed by atoms with Gasteiger partial charge in [-0.3, -0.25) is 9.89 Å². The van der Waals surface area contributed by atoms with E-state index in [4.69, 9.17) is 4.74 Å². The highest BCUT2D eigenvalue weighted by Crippen LogP contribution is 1.97. The number of likely N-dealkylation sites (N-methyl/N-ethyl adjacent to an activating group) is 1. The van der Waals surface area contributed by atoms with E-state index < -0.39 is 0 Å². The Bertz CT molecular complexity index is 279. The van der Waals surface area contributed by atoms with Crippen LogP contribution in [-0.2, 0) is 4.74 Å². The number of rotatable bonds is 9. The van der Waals surface area contributed by atoms with E-state index in [1.54, 1.807) is 0 Å². The van der Waals surface area contributed by atoms with Gasteiger partial charge in [-0.2, -0.15) is 0 Å². The zero-order chi connectivity index (χ0) is 15.3. The molecule has 0 unspecified atom stereocenters. The molecule has 0 radical (unpaired) electrons. The van der Waals surface area contributed by atoms with Crippen LogP contribution in [0.1, 0.15) is 20.3 Å².